The van der Waals surface area contributed by atoms with Crippen LogP contribution in [0.4, 0.5) is 0 Å². The summed E-state index contributed by atoms with van der Waals surface area (Å²) in [5, 5.41) is 9.67. The van der Waals surface area contributed by atoms with E-state index in [1.54, 1.807) is 6.20 Å². The lowest BCUT2D eigenvalue weighted by molar-refractivity contribution is 0.933. The third kappa shape index (κ3) is 0.675. The van der Waals surface area contributed by atoms with Crippen LogP contribution in [0.25, 0.3) is 0 Å². The lowest BCUT2D eigenvalue weighted by Gasteiger charge is -1.59. The first kappa shape index (κ1) is 4.04. The molecule has 0 aliphatic carbocycles. The minimum absolute atomic E-state index is 0.896. The molecule has 1 N–H and O–H groups in total. The van der Waals surface area contributed by atoms with Gasteiger partial charge < -0.3 is 0 Å². The Morgan fingerprint density at radius 2 is 2.67 bits per heavy atom. The summed E-state index contributed by atoms with van der Waals surface area (Å²) < 4.78 is 0.896. The maximum absolute atomic E-state index is 3.67. The van der Waals surface area contributed by atoms with Gasteiger partial charge in [-0.25, -0.2) is 0 Å². The lowest BCUT2D eigenvalue weighted by atomic mass is 11.0. The third-order valence-electron chi connectivity index (χ3n) is 0.386. The van der Waals surface area contributed by atoms with Crippen LogP contribution in [0.1, 0.15) is 0 Å². The first-order valence-corrected chi connectivity index (χ1v) is 2.49. The largest absolute Gasteiger partial charge is 0.197 e. The number of rotatable bonds is 0. The molecule has 1 rings (SSSR count). The van der Waals surface area contributed by atoms with Crippen LogP contribution in [0.3, 0.4) is 0 Å². The molecule has 0 spiro atoms. The molecule has 4 heteroatoms. The molecule has 0 saturated carbocycles. The molecule has 0 fully saturated rings. The predicted octanol–water partition coefficient (Wildman–Crippen LogP) is 0.409. The summed E-state index contributed by atoms with van der Waals surface area (Å²) in [5.74, 6) is 0. The Balaban J connectivity index is 3.05. The molecule has 1 heterocycles. The molecule has 32 valence electrons. The van der Waals surface area contributed by atoms with Crippen LogP contribution < -0.4 is 0 Å². The van der Waals surface area contributed by atoms with E-state index in [1.165, 1.54) is 0 Å². The second-order valence-corrected chi connectivity index (χ2v) is 1.90. The van der Waals surface area contributed by atoms with Crippen molar-refractivity contribution >= 4 is 22.6 Å². The third-order valence-corrected chi connectivity index (χ3v) is 0.905. The highest BCUT2D eigenvalue weighted by Crippen LogP contribution is 1.90. The van der Waals surface area contributed by atoms with E-state index >= 15 is 0 Å². The minimum atomic E-state index is 0.896. The molecule has 0 radical (unpaired) electrons. The van der Waals surface area contributed by atoms with E-state index in [4.69, 9.17) is 0 Å². The molecule has 0 aliphatic rings. The van der Waals surface area contributed by atoms with Crippen molar-refractivity contribution in [1.29, 1.82) is 0 Å². The molecule has 1 aromatic rings. The number of nitrogens with zero attached hydrogens (tertiary/aromatic N) is 2. The van der Waals surface area contributed by atoms with Crippen molar-refractivity contribution in [2.45, 2.75) is 0 Å². The Morgan fingerprint density at radius 3 is 2.83 bits per heavy atom. The van der Waals surface area contributed by atoms with Crippen molar-refractivity contribution in [2.24, 2.45) is 0 Å². The average molecular weight is 195 g/mol. The Labute approximate surface area is 48.3 Å². The van der Waals surface area contributed by atoms with Crippen LogP contribution in [0.15, 0.2) is 6.20 Å². The topological polar surface area (TPSA) is 41.6 Å². The van der Waals surface area contributed by atoms with E-state index in [9.17, 15) is 0 Å². The van der Waals surface area contributed by atoms with Crippen LogP contribution >= 0.6 is 22.6 Å². The number of hydrogen-bond donors (Lipinski definition) is 1. The number of halogens is 1. The van der Waals surface area contributed by atoms with Crippen molar-refractivity contribution in [2.75, 3.05) is 0 Å². The summed E-state index contributed by atoms with van der Waals surface area (Å²) in [5.41, 5.74) is 0. The Morgan fingerprint density at radius 1 is 1.83 bits per heavy atom. The Hall–Kier alpha value is -0.130. The summed E-state index contributed by atoms with van der Waals surface area (Å²) >= 11 is 2.07. The number of hydrogen-bond acceptors (Lipinski definition) is 2. The molecule has 3 nitrogen and oxygen atoms in total. The smallest absolute Gasteiger partial charge is 0.143 e. The van der Waals surface area contributed by atoms with E-state index in [2.05, 4.69) is 38.0 Å². The van der Waals surface area contributed by atoms with Crippen molar-refractivity contribution in [3.8, 4) is 0 Å². The maximum Gasteiger partial charge on any atom is 0.143 e. The molecular formula is C2H2IN3. The fourth-order valence-electron chi connectivity index (χ4n) is 0.188. The van der Waals surface area contributed by atoms with Crippen molar-refractivity contribution in [3.63, 3.8) is 0 Å². The van der Waals surface area contributed by atoms with E-state index < -0.39 is 0 Å². The number of aromatic nitrogens is 3. The predicted molar refractivity (Wildman–Crippen MR) is 29.1 cm³/mol. The Bertz CT molecular complexity index is 112. The Kier molecular flexibility index (Phi) is 1.04. The van der Waals surface area contributed by atoms with Gasteiger partial charge in [0, 0.05) is 0 Å². The normalized spacial score (nSPS) is 8.83. The van der Waals surface area contributed by atoms with Crippen LogP contribution in [-0.4, -0.2) is 15.4 Å². The molecule has 0 aromatic carbocycles. The summed E-state index contributed by atoms with van der Waals surface area (Å²) in [6, 6.07) is 0. The van der Waals surface area contributed by atoms with Crippen molar-refractivity contribution in [3.05, 3.63) is 9.90 Å². The van der Waals surface area contributed by atoms with Gasteiger partial charge in [-0.2, -0.15) is 15.4 Å². The van der Waals surface area contributed by atoms with Gasteiger partial charge >= 0.3 is 0 Å². The number of aromatic amines is 1. The minimum Gasteiger partial charge on any atom is -0.197 e. The highest BCUT2D eigenvalue weighted by atomic mass is 127. The molecule has 0 aliphatic heterocycles. The molecule has 0 bridgehead atoms. The van der Waals surface area contributed by atoms with E-state index in [0.717, 1.165) is 3.70 Å². The number of H-pyrrole nitrogens is 1. The quantitative estimate of drug-likeness (QED) is 0.609. The van der Waals surface area contributed by atoms with Gasteiger partial charge in [0.2, 0.25) is 0 Å². The van der Waals surface area contributed by atoms with Gasteiger partial charge in [-0.3, -0.25) is 0 Å². The average Bonchev–Trinajstić information content (AvgIpc) is 1.86. The molecule has 6 heavy (non-hydrogen) atoms. The summed E-state index contributed by atoms with van der Waals surface area (Å²) in [6.07, 6.45) is 1.65. The zero-order chi connectivity index (χ0) is 4.41. The summed E-state index contributed by atoms with van der Waals surface area (Å²) in [7, 11) is 0. The number of nitrogens with one attached hydrogen (secondary N) is 1. The van der Waals surface area contributed by atoms with Gasteiger partial charge in [0.05, 0.1) is 6.20 Å². The molecule has 0 atom stereocenters. The molecule has 1 aromatic heterocycles. The summed E-state index contributed by atoms with van der Waals surface area (Å²) in [6.45, 7) is 0. The van der Waals surface area contributed by atoms with E-state index in [-0.39, 0.29) is 0 Å². The second-order valence-electron chi connectivity index (χ2n) is 0.793. The SMILES string of the molecule is Ic1cn[nH]n1. The van der Waals surface area contributed by atoms with E-state index in [1.807, 2.05) is 0 Å². The molecule has 0 amide bonds. The monoisotopic (exact) mass is 195 g/mol. The van der Waals surface area contributed by atoms with Crippen LogP contribution in [-0.2, 0) is 0 Å². The van der Waals surface area contributed by atoms with Crippen LogP contribution in [0, 0.1) is 3.70 Å². The van der Waals surface area contributed by atoms with Gasteiger partial charge in [0.1, 0.15) is 3.70 Å². The van der Waals surface area contributed by atoms with E-state index in [0.29, 0.717) is 0 Å². The molecule has 0 unspecified atom stereocenters. The van der Waals surface area contributed by atoms with Gasteiger partial charge in [0.25, 0.3) is 0 Å². The van der Waals surface area contributed by atoms with Gasteiger partial charge in [-0.1, -0.05) is 0 Å². The zero-order valence-electron chi connectivity index (χ0n) is 2.85. The van der Waals surface area contributed by atoms with Crippen molar-refractivity contribution < 1.29 is 0 Å². The molecule has 0 saturated heterocycles. The maximum atomic E-state index is 3.67. The lowest BCUT2D eigenvalue weighted by Crippen LogP contribution is -1.66. The summed E-state index contributed by atoms with van der Waals surface area (Å²) in [4.78, 5) is 0. The van der Waals surface area contributed by atoms with Crippen molar-refractivity contribution in [1.82, 2.24) is 15.4 Å². The zero-order valence-corrected chi connectivity index (χ0v) is 5.01. The first-order valence-electron chi connectivity index (χ1n) is 1.41. The standard InChI is InChI=1S/C2H2IN3/c3-2-1-4-6-5-2/h1H,(H,4,5,6). The van der Waals surface area contributed by atoms with Crippen LogP contribution in [0.2, 0.25) is 0 Å². The fourth-order valence-corrected chi connectivity index (χ4v) is 0.435. The van der Waals surface area contributed by atoms with Crippen LogP contribution in [0.5, 0.6) is 0 Å². The van der Waals surface area contributed by atoms with Gasteiger partial charge in [-0.15, -0.1) is 0 Å². The fraction of sp³-hybridized carbons (Fsp3) is 0. The van der Waals surface area contributed by atoms with Gasteiger partial charge in [0.15, 0.2) is 0 Å². The highest BCUT2D eigenvalue weighted by molar-refractivity contribution is 14.1. The second kappa shape index (κ2) is 1.55. The molecular weight excluding hydrogens is 193 g/mol. The van der Waals surface area contributed by atoms with Gasteiger partial charge in [-0.05, 0) is 22.6 Å². The highest BCUT2D eigenvalue weighted by Gasteiger charge is 1.79. The first-order chi connectivity index (χ1) is 2.89.